The Bertz CT molecular complexity index is 1270. The summed E-state index contributed by atoms with van der Waals surface area (Å²) in [5.41, 5.74) is -1.16. The molecule has 1 fully saturated rings. The molecule has 1 aliphatic rings. The van der Waals surface area contributed by atoms with Crippen molar-refractivity contribution in [3.63, 3.8) is 0 Å². The zero-order valence-electron chi connectivity index (χ0n) is 16.6. The van der Waals surface area contributed by atoms with E-state index in [0.29, 0.717) is 5.02 Å². The number of aliphatic hydroxyl groups excluding tert-OH is 1. The van der Waals surface area contributed by atoms with E-state index in [4.69, 9.17) is 11.6 Å². The van der Waals surface area contributed by atoms with Crippen LogP contribution in [-0.2, 0) is 15.8 Å². The Morgan fingerprint density at radius 3 is 2.18 bits per heavy atom. The highest BCUT2D eigenvalue weighted by molar-refractivity contribution is 6.51. The average Bonchev–Trinajstić information content (AvgIpc) is 3.04. The van der Waals surface area contributed by atoms with E-state index in [1.807, 2.05) is 0 Å². The molecule has 0 aliphatic carbocycles. The molecular weight excluding hydrogens is 462 g/mol. The molecule has 1 atom stereocenters. The van der Waals surface area contributed by atoms with E-state index in [0.717, 1.165) is 35.2 Å². The lowest BCUT2D eigenvalue weighted by atomic mass is 9.95. The molecule has 9 heteroatoms. The number of ketones is 1. The second kappa shape index (κ2) is 8.37. The van der Waals surface area contributed by atoms with Gasteiger partial charge in [-0.3, -0.25) is 14.5 Å². The lowest BCUT2D eigenvalue weighted by Gasteiger charge is -2.26. The third-order valence-electron chi connectivity index (χ3n) is 5.20. The first-order chi connectivity index (χ1) is 15.6. The minimum atomic E-state index is -4.68. The molecule has 33 heavy (non-hydrogen) atoms. The van der Waals surface area contributed by atoms with Gasteiger partial charge in [0.2, 0.25) is 0 Å². The number of hydrogen-bond acceptors (Lipinski definition) is 3. The summed E-state index contributed by atoms with van der Waals surface area (Å²) in [7, 11) is 0. The third-order valence-corrected chi connectivity index (χ3v) is 5.45. The van der Waals surface area contributed by atoms with E-state index in [1.165, 1.54) is 42.5 Å². The van der Waals surface area contributed by atoms with E-state index >= 15 is 0 Å². The monoisotopic (exact) mass is 475 g/mol. The number of anilines is 1. The molecule has 4 rings (SSSR count). The summed E-state index contributed by atoms with van der Waals surface area (Å²) in [6.45, 7) is 0. The predicted octanol–water partition coefficient (Wildman–Crippen LogP) is 6.12. The van der Waals surface area contributed by atoms with Gasteiger partial charge in [-0.05, 0) is 60.2 Å². The van der Waals surface area contributed by atoms with Crippen LogP contribution in [0.1, 0.15) is 22.7 Å². The van der Waals surface area contributed by atoms with Gasteiger partial charge in [-0.1, -0.05) is 29.8 Å². The van der Waals surface area contributed by atoms with Crippen LogP contribution in [0.25, 0.3) is 5.76 Å². The number of carbonyl (C=O) groups is 2. The van der Waals surface area contributed by atoms with Crippen molar-refractivity contribution < 1.29 is 32.3 Å². The van der Waals surface area contributed by atoms with Crippen molar-refractivity contribution in [3.8, 4) is 0 Å². The van der Waals surface area contributed by atoms with Crippen molar-refractivity contribution in [1.29, 1.82) is 0 Å². The summed E-state index contributed by atoms with van der Waals surface area (Å²) in [5, 5.41) is 11.3. The molecule has 168 valence electrons. The number of alkyl halides is 3. The molecule has 0 radical (unpaired) electrons. The number of amides is 1. The summed E-state index contributed by atoms with van der Waals surface area (Å²) < 4.78 is 53.4. The number of hydrogen-bond donors (Lipinski definition) is 1. The fourth-order valence-corrected chi connectivity index (χ4v) is 3.78. The number of nitrogens with zero attached hydrogens (tertiary/aromatic N) is 1. The summed E-state index contributed by atoms with van der Waals surface area (Å²) in [6, 6.07) is 13.2. The second-order valence-electron chi connectivity index (χ2n) is 7.28. The fraction of sp³-hybridized carbons (Fsp3) is 0.0833. The fourth-order valence-electron chi connectivity index (χ4n) is 3.65. The largest absolute Gasteiger partial charge is 0.507 e. The van der Waals surface area contributed by atoms with Crippen molar-refractivity contribution in [2.75, 3.05) is 4.90 Å². The van der Waals surface area contributed by atoms with Crippen LogP contribution >= 0.6 is 11.6 Å². The zero-order valence-corrected chi connectivity index (χ0v) is 17.4. The maximum Gasteiger partial charge on any atom is 0.416 e. The van der Waals surface area contributed by atoms with Gasteiger partial charge in [-0.15, -0.1) is 0 Å². The number of benzene rings is 3. The maximum absolute atomic E-state index is 13.5. The molecule has 1 saturated heterocycles. The van der Waals surface area contributed by atoms with E-state index in [2.05, 4.69) is 0 Å². The average molecular weight is 476 g/mol. The molecule has 3 aromatic rings. The normalized spacial score (nSPS) is 18.1. The van der Waals surface area contributed by atoms with Crippen LogP contribution in [0, 0.1) is 5.82 Å². The quantitative estimate of drug-likeness (QED) is 0.215. The van der Waals surface area contributed by atoms with Crippen LogP contribution in [0.15, 0.2) is 78.4 Å². The summed E-state index contributed by atoms with van der Waals surface area (Å²) >= 11 is 5.87. The number of carbonyl (C=O) groups excluding carboxylic acids is 2. The van der Waals surface area contributed by atoms with Gasteiger partial charge in [-0.25, -0.2) is 4.39 Å². The molecule has 0 bridgehead atoms. The van der Waals surface area contributed by atoms with E-state index in [1.54, 1.807) is 0 Å². The van der Waals surface area contributed by atoms with E-state index in [-0.39, 0.29) is 22.4 Å². The number of halogens is 5. The van der Waals surface area contributed by atoms with Crippen molar-refractivity contribution in [2.24, 2.45) is 0 Å². The first-order valence-corrected chi connectivity index (χ1v) is 9.95. The van der Waals surface area contributed by atoms with Gasteiger partial charge in [0.15, 0.2) is 0 Å². The Morgan fingerprint density at radius 2 is 1.58 bits per heavy atom. The van der Waals surface area contributed by atoms with Gasteiger partial charge in [-0.2, -0.15) is 13.2 Å². The number of Topliss-reactive ketones (excluding diaryl/α,β-unsaturated/α-hetero) is 1. The molecule has 3 aromatic carbocycles. The van der Waals surface area contributed by atoms with Crippen molar-refractivity contribution in [1.82, 2.24) is 0 Å². The van der Waals surface area contributed by atoms with Crippen LogP contribution in [-0.4, -0.2) is 16.8 Å². The number of rotatable bonds is 3. The molecule has 1 aliphatic heterocycles. The van der Waals surface area contributed by atoms with Gasteiger partial charge in [0, 0.05) is 16.3 Å². The molecule has 1 amide bonds. The molecule has 4 nitrogen and oxygen atoms in total. The highest BCUT2D eigenvalue weighted by atomic mass is 35.5. The first-order valence-electron chi connectivity index (χ1n) is 9.57. The second-order valence-corrected chi connectivity index (χ2v) is 7.71. The van der Waals surface area contributed by atoms with Crippen LogP contribution in [0.3, 0.4) is 0 Å². The van der Waals surface area contributed by atoms with Crippen LogP contribution < -0.4 is 4.90 Å². The van der Waals surface area contributed by atoms with Crippen LogP contribution in [0.2, 0.25) is 5.02 Å². The Labute approximate surface area is 190 Å². The minimum absolute atomic E-state index is 0.175. The molecule has 1 unspecified atom stereocenters. The lowest BCUT2D eigenvalue weighted by molar-refractivity contribution is -0.137. The Kier molecular flexibility index (Phi) is 5.71. The van der Waals surface area contributed by atoms with Gasteiger partial charge in [0.1, 0.15) is 11.6 Å². The maximum atomic E-state index is 13.5. The molecule has 1 N–H and O–H groups in total. The summed E-state index contributed by atoms with van der Waals surface area (Å²) in [6.07, 6.45) is -4.68. The molecule has 0 aromatic heterocycles. The van der Waals surface area contributed by atoms with Crippen molar-refractivity contribution >= 4 is 34.7 Å². The van der Waals surface area contributed by atoms with Gasteiger partial charge < -0.3 is 5.11 Å². The van der Waals surface area contributed by atoms with E-state index < -0.39 is 41.0 Å². The number of aliphatic hydroxyl groups is 1. The predicted molar refractivity (Wildman–Crippen MR) is 114 cm³/mol. The molecule has 1 heterocycles. The van der Waals surface area contributed by atoms with Crippen molar-refractivity contribution in [2.45, 2.75) is 12.2 Å². The standard InChI is InChI=1S/C24H14ClF4NO3/c25-16-8-4-14(5-9-16)21(31)19-20(13-6-10-17(26)11-7-13)30(23(33)22(19)32)18-3-1-2-15(12-18)24(27,28)29/h1-12,20,31H/b21-19-. The smallest absolute Gasteiger partial charge is 0.416 e. The SMILES string of the molecule is O=C1C(=O)N(c2cccc(C(F)(F)F)c2)C(c2ccc(F)cc2)/C1=C(/O)c1ccc(Cl)cc1. The highest BCUT2D eigenvalue weighted by Crippen LogP contribution is 2.43. The van der Waals surface area contributed by atoms with Crippen molar-refractivity contribution in [3.05, 3.63) is 106 Å². The van der Waals surface area contributed by atoms with E-state index in [9.17, 15) is 32.3 Å². The van der Waals surface area contributed by atoms with Gasteiger partial charge in [0.25, 0.3) is 11.7 Å². The Balaban J connectivity index is 1.94. The van der Waals surface area contributed by atoms with Crippen LogP contribution in [0.5, 0.6) is 0 Å². The Hall–Kier alpha value is -3.65. The van der Waals surface area contributed by atoms with Gasteiger partial charge in [0.05, 0.1) is 17.2 Å². The zero-order chi connectivity index (χ0) is 23.9. The topological polar surface area (TPSA) is 57.6 Å². The van der Waals surface area contributed by atoms with Crippen LogP contribution in [0.4, 0.5) is 23.2 Å². The lowest BCUT2D eigenvalue weighted by Crippen LogP contribution is -2.29. The molecule has 0 spiro atoms. The molecule has 0 saturated carbocycles. The molecular formula is C24H14ClF4NO3. The summed E-state index contributed by atoms with van der Waals surface area (Å²) in [4.78, 5) is 26.8. The van der Waals surface area contributed by atoms with Gasteiger partial charge >= 0.3 is 6.18 Å². The third kappa shape index (κ3) is 4.21. The first kappa shape index (κ1) is 22.5. The highest BCUT2D eigenvalue weighted by Gasteiger charge is 2.47. The summed E-state index contributed by atoms with van der Waals surface area (Å²) in [5.74, 6) is -3.34. The minimum Gasteiger partial charge on any atom is -0.507 e. The Morgan fingerprint density at radius 1 is 0.939 bits per heavy atom.